The smallest absolute Gasteiger partial charge is 0.241 e. The van der Waals surface area contributed by atoms with Gasteiger partial charge >= 0.3 is 0 Å². The first-order valence-corrected chi connectivity index (χ1v) is 7.30. The van der Waals surface area contributed by atoms with Gasteiger partial charge in [-0.2, -0.15) is 0 Å². The number of carbonyl (C=O) groups is 1. The van der Waals surface area contributed by atoms with Crippen molar-refractivity contribution in [2.75, 3.05) is 18.1 Å². The van der Waals surface area contributed by atoms with Crippen LogP contribution in [0.1, 0.15) is 34.1 Å². The Labute approximate surface area is 126 Å². The van der Waals surface area contributed by atoms with Crippen LogP contribution in [0, 0.1) is 11.7 Å². The van der Waals surface area contributed by atoms with Crippen molar-refractivity contribution in [3.05, 3.63) is 24.0 Å². The minimum atomic E-state index is -0.416. The highest BCUT2D eigenvalue weighted by Crippen LogP contribution is 2.20. The number of anilines is 2. The van der Waals surface area contributed by atoms with Crippen molar-refractivity contribution < 1.29 is 9.18 Å². The van der Waals surface area contributed by atoms with E-state index in [9.17, 15) is 9.18 Å². The van der Waals surface area contributed by atoms with Gasteiger partial charge in [0.2, 0.25) is 5.91 Å². The predicted molar refractivity (Wildman–Crippen MR) is 85.6 cm³/mol. The van der Waals surface area contributed by atoms with Gasteiger partial charge in [0, 0.05) is 6.04 Å². The van der Waals surface area contributed by atoms with E-state index in [1.165, 1.54) is 18.2 Å². The van der Waals surface area contributed by atoms with E-state index in [0.29, 0.717) is 17.6 Å². The lowest BCUT2D eigenvalue weighted by Gasteiger charge is -2.31. The third-order valence-electron chi connectivity index (χ3n) is 3.77. The second-order valence-electron chi connectivity index (χ2n) is 6.04. The zero-order valence-electron chi connectivity index (χ0n) is 13.5. The van der Waals surface area contributed by atoms with Gasteiger partial charge in [0.05, 0.1) is 17.4 Å². The Bertz CT molecular complexity index is 490. The zero-order chi connectivity index (χ0) is 16.2. The van der Waals surface area contributed by atoms with Crippen LogP contribution in [-0.4, -0.2) is 29.9 Å². The van der Waals surface area contributed by atoms with Crippen molar-refractivity contribution in [2.24, 2.45) is 5.92 Å². The summed E-state index contributed by atoms with van der Waals surface area (Å²) in [7, 11) is 1.94. The van der Waals surface area contributed by atoms with Crippen molar-refractivity contribution in [1.29, 1.82) is 0 Å². The Hall–Kier alpha value is -1.62. The largest absolute Gasteiger partial charge is 0.397 e. The molecule has 0 saturated carbocycles. The first-order valence-electron chi connectivity index (χ1n) is 7.30. The van der Waals surface area contributed by atoms with Crippen LogP contribution in [0.4, 0.5) is 15.8 Å². The number of hydrogen-bond acceptors (Lipinski definition) is 3. The maximum atomic E-state index is 13.0. The van der Waals surface area contributed by atoms with Crippen LogP contribution in [0.25, 0.3) is 0 Å². The number of carbonyl (C=O) groups excluding carboxylic acids is 1. The fraction of sp³-hybridized carbons (Fsp3) is 0.562. The topological polar surface area (TPSA) is 58.4 Å². The Kier molecular flexibility index (Phi) is 6.15. The molecule has 1 amide bonds. The van der Waals surface area contributed by atoms with Gasteiger partial charge in [-0.1, -0.05) is 13.8 Å². The molecule has 4 nitrogen and oxygen atoms in total. The van der Waals surface area contributed by atoms with E-state index < -0.39 is 5.82 Å². The lowest BCUT2D eigenvalue weighted by atomic mass is 10.0. The standard InChI is InChI=1S/C16H26FN3O/c1-10(2)8-11(3)20(5)12(4)16(21)19-15-7-6-13(17)9-14(15)18/h6-7,9-12H,8,18H2,1-5H3,(H,19,21). The van der Waals surface area contributed by atoms with Crippen LogP contribution < -0.4 is 11.1 Å². The average molecular weight is 295 g/mol. The molecule has 0 fully saturated rings. The van der Waals surface area contributed by atoms with Crippen molar-refractivity contribution >= 4 is 17.3 Å². The van der Waals surface area contributed by atoms with Crippen molar-refractivity contribution in [3.63, 3.8) is 0 Å². The van der Waals surface area contributed by atoms with Crippen molar-refractivity contribution in [2.45, 2.75) is 46.2 Å². The van der Waals surface area contributed by atoms with Gasteiger partial charge in [-0.15, -0.1) is 0 Å². The summed E-state index contributed by atoms with van der Waals surface area (Å²) in [6.07, 6.45) is 1.02. The Balaban J connectivity index is 2.69. The predicted octanol–water partition coefficient (Wildman–Crippen LogP) is 3.10. The summed E-state index contributed by atoms with van der Waals surface area (Å²) in [6.45, 7) is 8.28. The molecule has 0 saturated heterocycles. The summed E-state index contributed by atoms with van der Waals surface area (Å²) >= 11 is 0. The van der Waals surface area contributed by atoms with Crippen molar-refractivity contribution in [3.8, 4) is 0 Å². The lowest BCUT2D eigenvalue weighted by molar-refractivity contribution is -0.121. The normalized spacial score (nSPS) is 14.3. The zero-order valence-corrected chi connectivity index (χ0v) is 13.5. The van der Waals surface area contributed by atoms with Crippen LogP contribution in [-0.2, 0) is 4.79 Å². The van der Waals surface area contributed by atoms with E-state index in [2.05, 4.69) is 26.1 Å². The van der Waals surface area contributed by atoms with Gasteiger partial charge in [-0.05, 0) is 51.4 Å². The SMILES string of the molecule is CC(C)CC(C)N(C)C(C)C(=O)Nc1ccc(F)cc1N. The minimum absolute atomic E-state index is 0.147. The molecule has 1 aromatic carbocycles. The van der Waals surface area contributed by atoms with Crippen LogP contribution in [0.15, 0.2) is 18.2 Å². The number of nitrogens with two attached hydrogens (primary N) is 1. The third kappa shape index (κ3) is 5.01. The van der Waals surface area contributed by atoms with E-state index in [4.69, 9.17) is 5.73 Å². The number of rotatable bonds is 6. The molecule has 0 spiro atoms. The van der Waals surface area contributed by atoms with Gasteiger partial charge in [0.15, 0.2) is 0 Å². The van der Waals surface area contributed by atoms with Gasteiger partial charge in [0.1, 0.15) is 5.82 Å². The molecule has 0 heterocycles. The summed E-state index contributed by atoms with van der Waals surface area (Å²) in [5.74, 6) is 0.0121. The number of hydrogen-bond donors (Lipinski definition) is 2. The first kappa shape index (κ1) is 17.4. The van der Waals surface area contributed by atoms with Crippen LogP contribution in [0.3, 0.4) is 0 Å². The third-order valence-corrected chi connectivity index (χ3v) is 3.77. The Morgan fingerprint density at radius 1 is 1.33 bits per heavy atom. The minimum Gasteiger partial charge on any atom is -0.397 e. The van der Waals surface area contributed by atoms with E-state index in [1.54, 1.807) is 0 Å². The number of nitrogens with one attached hydrogen (secondary N) is 1. The van der Waals surface area contributed by atoms with E-state index in [-0.39, 0.29) is 17.6 Å². The molecular formula is C16H26FN3O. The van der Waals surface area contributed by atoms with E-state index in [0.717, 1.165) is 6.42 Å². The molecule has 0 aliphatic heterocycles. The summed E-state index contributed by atoms with van der Waals surface area (Å²) in [6, 6.07) is 3.97. The number of likely N-dealkylation sites (N-methyl/N-ethyl adjacent to an activating group) is 1. The van der Waals surface area contributed by atoms with Gasteiger partial charge in [-0.25, -0.2) is 4.39 Å². The molecule has 21 heavy (non-hydrogen) atoms. The van der Waals surface area contributed by atoms with E-state index >= 15 is 0 Å². The molecule has 0 aliphatic carbocycles. The molecule has 5 heteroatoms. The second-order valence-corrected chi connectivity index (χ2v) is 6.04. The molecular weight excluding hydrogens is 269 g/mol. The van der Waals surface area contributed by atoms with Gasteiger partial charge in [0.25, 0.3) is 0 Å². The molecule has 1 aromatic rings. The number of halogens is 1. The fourth-order valence-electron chi connectivity index (χ4n) is 2.30. The monoisotopic (exact) mass is 295 g/mol. The Morgan fingerprint density at radius 3 is 2.48 bits per heavy atom. The van der Waals surface area contributed by atoms with E-state index in [1.807, 2.05) is 18.9 Å². The number of amides is 1. The van der Waals surface area contributed by atoms with Crippen molar-refractivity contribution in [1.82, 2.24) is 4.90 Å². The maximum absolute atomic E-state index is 13.0. The highest BCUT2D eigenvalue weighted by atomic mass is 19.1. The highest BCUT2D eigenvalue weighted by Gasteiger charge is 2.23. The summed E-state index contributed by atoms with van der Waals surface area (Å²) in [4.78, 5) is 14.3. The van der Waals surface area contributed by atoms with Crippen LogP contribution in [0.5, 0.6) is 0 Å². The van der Waals surface area contributed by atoms with Gasteiger partial charge < -0.3 is 11.1 Å². The molecule has 118 valence electrons. The number of benzene rings is 1. The number of nitrogen functional groups attached to an aromatic ring is 1. The lowest BCUT2D eigenvalue weighted by Crippen LogP contribution is -2.44. The molecule has 0 bridgehead atoms. The Morgan fingerprint density at radius 2 is 1.95 bits per heavy atom. The summed E-state index contributed by atoms with van der Waals surface area (Å²) in [5.41, 5.74) is 6.38. The molecule has 1 rings (SSSR count). The van der Waals surface area contributed by atoms with Crippen LogP contribution >= 0.6 is 0 Å². The summed E-state index contributed by atoms with van der Waals surface area (Å²) in [5, 5.41) is 2.75. The van der Waals surface area contributed by atoms with Crippen LogP contribution in [0.2, 0.25) is 0 Å². The molecule has 2 unspecified atom stereocenters. The van der Waals surface area contributed by atoms with Gasteiger partial charge in [-0.3, -0.25) is 9.69 Å². The number of nitrogens with zero attached hydrogens (tertiary/aromatic N) is 1. The highest BCUT2D eigenvalue weighted by molar-refractivity contribution is 5.97. The fourth-order valence-corrected chi connectivity index (χ4v) is 2.30. The molecule has 2 atom stereocenters. The average Bonchev–Trinajstić information content (AvgIpc) is 2.39. The molecule has 0 aromatic heterocycles. The quantitative estimate of drug-likeness (QED) is 0.793. The second kappa shape index (κ2) is 7.41. The molecule has 0 aliphatic rings. The molecule has 0 radical (unpaired) electrons. The first-order chi connectivity index (χ1) is 9.72. The maximum Gasteiger partial charge on any atom is 0.241 e. The summed E-state index contributed by atoms with van der Waals surface area (Å²) < 4.78 is 13.0. The molecule has 3 N–H and O–H groups in total.